The van der Waals surface area contributed by atoms with Crippen LogP contribution in [-0.4, -0.2) is 4.57 Å². The molecule has 0 spiro atoms. The molecule has 0 radical (unpaired) electrons. The first kappa shape index (κ1) is 35.6. The third-order valence-corrected chi connectivity index (χ3v) is 14.0. The topological polar surface area (TPSA) is 11.4 Å². The van der Waals surface area contributed by atoms with E-state index in [9.17, 15) is 5.48 Å². The van der Waals surface area contributed by atoms with Crippen LogP contribution < -0.4 is 9.80 Å². The maximum atomic E-state index is 9.85. The number of benzene rings is 11. The molecule has 0 saturated heterocycles. The molecule has 1 aliphatic rings. The molecule has 0 bridgehead atoms. The third kappa shape index (κ3) is 6.42. The highest BCUT2D eigenvalue weighted by Gasteiger charge is 2.35. The van der Waals surface area contributed by atoms with Gasteiger partial charge in [0.2, 0.25) is 0 Å². The summed E-state index contributed by atoms with van der Waals surface area (Å²) >= 11 is 0. The number of hydrogen-bond donors (Lipinski definition) is 0. The minimum absolute atomic E-state index is 0.108. The molecule has 13 rings (SSSR count). The van der Waals surface area contributed by atoms with E-state index in [1.807, 2.05) is 83.8 Å². The van der Waals surface area contributed by atoms with Gasteiger partial charge in [-0.3, -0.25) is 0 Å². The Morgan fingerprint density at radius 3 is 1.84 bits per heavy atom. The van der Waals surface area contributed by atoms with Crippen LogP contribution in [0.25, 0.3) is 71.3 Å². The standard InChI is InChI=1S/C65H47N3/c1-65(2)60-25-13-11-23-56(60)57-38-36-53(42-61(57)65)66(49-18-5-3-6-19-49)52-35-32-47-40-46(28-29-48(47)41-52)44-30-33-51(34-31-44)67(62-27-15-17-45-16-9-10-22-55(45)62)54-37-39-59-58-24-12-14-26-63(58)68(64(59)43-54)50-20-7-4-8-21-50/h3-43H,1-2H3/i30D,31D,33D,34D. The smallest absolute Gasteiger partial charge is 0.0645 e. The first-order valence-corrected chi connectivity index (χ1v) is 23.3. The van der Waals surface area contributed by atoms with Crippen molar-refractivity contribution < 1.29 is 5.48 Å². The van der Waals surface area contributed by atoms with Crippen molar-refractivity contribution in [2.24, 2.45) is 0 Å². The van der Waals surface area contributed by atoms with Crippen LogP contribution in [0.4, 0.5) is 34.1 Å². The second-order valence-corrected chi connectivity index (χ2v) is 18.3. The Morgan fingerprint density at radius 1 is 0.368 bits per heavy atom. The van der Waals surface area contributed by atoms with Gasteiger partial charge in [0, 0.05) is 55.7 Å². The molecule has 0 fully saturated rings. The fraction of sp³-hybridized carbons (Fsp3) is 0.0462. The van der Waals surface area contributed by atoms with Crippen LogP contribution >= 0.6 is 0 Å². The van der Waals surface area contributed by atoms with Gasteiger partial charge in [0.15, 0.2) is 0 Å². The number of para-hydroxylation sites is 3. The zero-order chi connectivity index (χ0) is 48.8. The van der Waals surface area contributed by atoms with Crippen LogP contribution in [0.2, 0.25) is 0 Å². The van der Waals surface area contributed by atoms with Crippen molar-refractivity contribution >= 4 is 77.5 Å². The molecule has 0 aliphatic heterocycles. The van der Waals surface area contributed by atoms with Crippen molar-refractivity contribution in [1.82, 2.24) is 4.57 Å². The summed E-state index contributed by atoms with van der Waals surface area (Å²) in [4.78, 5) is 4.22. The Labute approximate surface area is 402 Å². The van der Waals surface area contributed by atoms with E-state index in [4.69, 9.17) is 0 Å². The number of fused-ring (bicyclic) bond motifs is 8. The van der Waals surface area contributed by atoms with Gasteiger partial charge in [-0.25, -0.2) is 0 Å². The Balaban J connectivity index is 0.936. The predicted molar refractivity (Wildman–Crippen MR) is 288 cm³/mol. The van der Waals surface area contributed by atoms with E-state index in [0.29, 0.717) is 11.3 Å². The molecule has 0 N–H and O–H groups in total. The van der Waals surface area contributed by atoms with Crippen molar-refractivity contribution in [2.45, 2.75) is 19.3 Å². The summed E-state index contributed by atoms with van der Waals surface area (Å²) in [6, 6.07) is 76.9. The fourth-order valence-corrected chi connectivity index (χ4v) is 10.7. The molecule has 68 heavy (non-hydrogen) atoms. The van der Waals surface area contributed by atoms with E-state index in [1.165, 1.54) is 22.3 Å². The highest BCUT2D eigenvalue weighted by Crippen LogP contribution is 2.51. The zero-order valence-corrected chi connectivity index (χ0v) is 37.7. The van der Waals surface area contributed by atoms with Gasteiger partial charge in [0.1, 0.15) is 0 Å². The molecule has 12 aromatic rings. The maximum absolute atomic E-state index is 9.85. The minimum Gasteiger partial charge on any atom is -0.310 e. The van der Waals surface area contributed by atoms with E-state index < -0.39 is 0 Å². The van der Waals surface area contributed by atoms with Crippen LogP contribution in [-0.2, 0) is 5.41 Å². The Kier molecular flexibility index (Phi) is 8.24. The number of anilines is 6. The molecular formula is C65H47N3. The summed E-state index contributed by atoms with van der Waals surface area (Å²) in [7, 11) is 0. The number of hydrogen-bond acceptors (Lipinski definition) is 2. The summed E-state index contributed by atoms with van der Waals surface area (Å²) in [5.41, 5.74) is 13.7. The van der Waals surface area contributed by atoms with Gasteiger partial charge in [-0.2, -0.15) is 0 Å². The van der Waals surface area contributed by atoms with Crippen molar-refractivity contribution in [1.29, 1.82) is 0 Å². The van der Waals surface area contributed by atoms with Crippen molar-refractivity contribution in [3.63, 3.8) is 0 Å². The van der Waals surface area contributed by atoms with E-state index in [1.54, 1.807) is 0 Å². The number of rotatable bonds is 8. The molecule has 1 aromatic heterocycles. The molecule has 1 aliphatic carbocycles. The van der Waals surface area contributed by atoms with E-state index in [0.717, 1.165) is 71.8 Å². The second kappa shape index (κ2) is 15.8. The van der Waals surface area contributed by atoms with Crippen molar-refractivity contribution in [2.75, 3.05) is 9.80 Å². The van der Waals surface area contributed by atoms with Gasteiger partial charge in [0.05, 0.1) is 22.2 Å². The SMILES string of the molecule is [2H]c1c([2H])c(N(c2ccc3c4ccccc4n(-c4ccccc4)c3c2)c2cccc3ccccc23)c([2H])c([2H])c1-c1ccc2cc(N(c3ccccc3)c3ccc4c(c3)C(C)(C)c3ccccc3-4)ccc2c1. The molecule has 0 amide bonds. The molecule has 1 heterocycles. The molecule has 0 atom stereocenters. The van der Waals surface area contributed by atoms with Crippen LogP contribution in [0.1, 0.15) is 30.5 Å². The average Bonchev–Trinajstić information content (AvgIpc) is 3.87. The first-order valence-electron chi connectivity index (χ1n) is 25.3. The lowest BCUT2D eigenvalue weighted by atomic mass is 9.82. The summed E-state index contributed by atoms with van der Waals surface area (Å²) in [5, 5.41) is 6.03. The zero-order valence-electron chi connectivity index (χ0n) is 41.7. The van der Waals surface area contributed by atoms with Gasteiger partial charge in [-0.05, 0) is 140 Å². The normalized spacial score (nSPS) is 13.5. The molecular weight excluding hydrogens is 823 g/mol. The summed E-state index contributed by atoms with van der Waals surface area (Å²) in [6.07, 6.45) is 0. The first-order chi connectivity index (χ1) is 35.2. The van der Waals surface area contributed by atoms with Crippen molar-refractivity contribution in [3.05, 3.63) is 260 Å². The molecule has 0 saturated carbocycles. The second-order valence-electron chi connectivity index (χ2n) is 18.3. The number of nitrogens with zero attached hydrogens (tertiary/aromatic N) is 3. The van der Waals surface area contributed by atoms with Gasteiger partial charge in [-0.1, -0.05) is 172 Å². The van der Waals surface area contributed by atoms with E-state index in [-0.39, 0.29) is 40.8 Å². The van der Waals surface area contributed by atoms with Crippen LogP contribution in [0, 0.1) is 0 Å². The molecule has 3 heteroatoms. The third-order valence-electron chi connectivity index (χ3n) is 14.0. The lowest BCUT2D eigenvalue weighted by Gasteiger charge is -2.28. The van der Waals surface area contributed by atoms with Gasteiger partial charge in [-0.15, -0.1) is 0 Å². The largest absolute Gasteiger partial charge is 0.310 e. The van der Waals surface area contributed by atoms with Crippen LogP contribution in [0.5, 0.6) is 0 Å². The van der Waals surface area contributed by atoms with Crippen LogP contribution in [0.3, 0.4) is 0 Å². The lowest BCUT2D eigenvalue weighted by molar-refractivity contribution is 0.660. The minimum atomic E-state index is -0.152. The van der Waals surface area contributed by atoms with Gasteiger partial charge < -0.3 is 14.4 Å². The number of aromatic nitrogens is 1. The molecule has 3 nitrogen and oxygen atoms in total. The van der Waals surface area contributed by atoms with E-state index >= 15 is 0 Å². The highest BCUT2D eigenvalue weighted by atomic mass is 15.2. The van der Waals surface area contributed by atoms with Gasteiger partial charge in [0.25, 0.3) is 0 Å². The average molecular weight is 874 g/mol. The van der Waals surface area contributed by atoms with Crippen LogP contribution in [0.15, 0.2) is 249 Å². The molecule has 11 aromatic carbocycles. The highest BCUT2D eigenvalue weighted by molar-refractivity contribution is 6.11. The monoisotopic (exact) mass is 873 g/mol. The quantitative estimate of drug-likeness (QED) is 0.151. The van der Waals surface area contributed by atoms with E-state index in [2.05, 4.69) is 169 Å². The molecule has 322 valence electrons. The fourth-order valence-electron chi connectivity index (χ4n) is 10.7. The summed E-state index contributed by atoms with van der Waals surface area (Å²) in [5.74, 6) is 0. The summed E-state index contributed by atoms with van der Waals surface area (Å²) < 4.78 is 41.4. The van der Waals surface area contributed by atoms with Gasteiger partial charge >= 0.3 is 0 Å². The Morgan fingerprint density at radius 2 is 0.985 bits per heavy atom. The molecule has 0 unspecified atom stereocenters. The maximum Gasteiger partial charge on any atom is 0.0645 e. The Bertz CT molecular complexity index is 4110. The lowest BCUT2D eigenvalue weighted by Crippen LogP contribution is -2.16. The van der Waals surface area contributed by atoms with Crippen molar-refractivity contribution in [3.8, 4) is 27.9 Å². The predicted octanol–water partition coefficient (Wildman–Crippen LogP) is 18.0. The Hall–Kier alpha value is -8.66. The summed E-state index contributed by atoms with van der Waals surface area (Å²) in [6.45, 7) is 4.61.